The second-order valence-corrected chi connectivity index (χ2v) is 5.65. The zero-order chi connectivity index (χ0) is 16.5. The van der Waals surface area contributed by atoms with E-state index in [-0.39, 0.29) is 0 Å². The summed E-state index contributed by atoms with van der Waals surface area (Å²) in [5.41, 5.74) is 0.494. The molecule has 0 radical (unpaired) electrons. The van der Waals surface area contributed by atoms with E-state index in [4.69, 9.17) is 0 Å². The lowest BCUT2D eigenvalue weighted by molar-refractivity contribution is -0.139. The number of amides is 4. The number of hydrogen-bond donors (Lipinski definition) is 1. The molecule has 1 saturated heterocycles. The zero-order valence-corrected chi connectivity index (χ0v) is 13.9. The van der Waals surface area contributed by atoms with Gasteiger partial charge in [0, 0.05) is 18.8 Å². The van der Waals surface area contributed by atoms with Crippen LogP contribution in [-0.4, -0.2) is 41.5 Å². The highest BCUT2D eigenvalue weighted by atomic mass is 16.2. The number of imide groups is 2. The summed E-state index contributed by atoms with van der Waals surface area (Å²) in [4.78, 5) is 41.6. The molecule has 1 unspecified atom stereocenters. The van der Waals surface area contributed by atoms with Crippen LogP contribution in [0.25, 0.3) is 0 Å². The van der Waals surface area contributed by atoms with Crippen LogP contribution in [0.3, 0.4) is 0 Å². The van der Waals surface area contributed by atoms with Crippen LogP contribution in [0.5, 0.6) is 0 Å². The Morgan fingerprint density at radius 2 is 1.77 bits per heavy atom. The molecular weight excluding hydrogens is 282 g/mol. The molecule has 0 spiro atoms. The quantitative estimate of drug-likeness (QED) is 0.404. The van der Waals surface area contributed by atoms with Gasteiger partial charge in [-0.1, -0.05) is 39.5 Å². The molecule has 6 nitrogen and oxygen atoms in total. The summed E-state index contributed by atoms with van der Waals surface area (Å²) in [5, 5.41) is 2.26. The van der Waals surface area contributed by atoms with Crippen molar-refractivity contribution in [1.82, 2.24) is 10.2 Å². The number of urea groups is 1. The minimum absolute atomic E-state index is 0.342. The molecule has 1 N–H and O–H groups in total. The molecule has 22 heavy (non-hydrogen) atoms. The van der Waals surface area contributed by atoms with E-state index in [1.54, 1.807) is 6.92 Å². The van der Waals surface area contributed by atoms with Gasteiger partial charge in [0.05, 0.1) is 0 Å². The molecule has 0 aromatic carbocycles. The van der Waals surface area contributed by atoms with Gasteiger partial charge in [-0.2, -0.15) is 0 Å². The van der Waals surface area contributed by atoms with E-state index in [0.29, 0.717) is 18.8 Å². The van der Waals surface area contributed by atoms with E-state index in [2.05, 4.69) is 17.2 Å². The lowest BCUT2D eigenvalue weighted by atomic mass is 9.99. The second kappa shape index (κ2) is 9.33. The van der Waals surface area contributed by atoms with Gasteiger partial charge in [0.1, 0.15) is 0 Å². The largest absolute Gasteiger partial charge is 0.330 e. The van der Waals surface area contributed by atoms with Gasteiger partial charge in [0.15, 0.2) is 5.92 Å². The number of unbranched alkanes of at least 4 members (excludes halogenated alkanes) is 4. The van der Waals surface area contributed by atoms with Crippen LogP contribution in [0.15, 0.2) is 4.99 Å². The van der Waals surface area contributed by atoms with Gasteiger partial charge in [0.25, 0.3) is 0 Å². The lowest BCUT2D eigenvalue weighted by Crippen LogP contribution is -2.59. The molecule has 1 aliphatic heterocycles. The molecule has 124 valence electrons. The minimum atomic E-state index is -0.958. The van der Waals surface area contributed by atoms with E-state index in [0.717, 1.165) is 43.4 Å². The van der Waals surface area contributed by atoms with Crippen molar-refractivity contribution in [2.24, 2.45) is 10.9 Å². The Balaban J connectivity index is 2.69. The van der Waals surface area contributed by atoms with Gasteiger partial charge in [-0.05, 0) is 19.8 Å². The molecule has 1 rings (SSSR count). The molecule has 1 heterocycles. The van der Waals surface area contributed by atoms with Crippen molar-refractivity contribution in [3.8, 4) is 0 Å². The Hall–Kier alpha value is -1.72. The third-order valence-corrected chi connectivity index (χ3v) is 3.78. The molecular formula is C16H27N3O3. The maximum Gasteiger partial charge on any atom is 0.330 e. The monoisotopic (exact) mass is 309 g/mol. The highest BCUT2D eigenvalue weighted by Gasteiger charge is 2.41. The van der Waals surface area contributed by atoms with Gasteiger partial charge >= 0.3 is 6.03 Å². The lowest BCUT2D eigenvalue weighted by Gasteiger charge is -2.30. The summed E-state index contributed by atoms with van der Waals surface area (Å²) >= 11 is 0. The minimum Gasteiger partial charge on any atom is -0.293 e. The number of carbonyl (C=O) groups is 3. The molecule has 6 heteroatoms. The summed E-state index contributed by atoms with van der Waals surface area (Å²) < 4.78 is 0. The third-order valence-electron chi connectivity index (χ3n) is 3.78. The van der Waals surface area contributed by atoms with Crippen LogP contribution in [0.2, 0.25) is 0 Å². The molecule has 0 aromatic rings. The Bertz CT molecular complexity index is 446. The fraction of sp³-hybridized carbons (Fsp3) is 0.750. The van der Waals surface area contributed by atoms with Crippen LogP contribution >= 0.6 is 0 Å². The van der Waals surface area contributed by atoms with Gasteiger partial charge in [0.2, 0.25) is 11.8 Å². The predicted molar refractivity (Wildman–Crippen MR) is 85.8 cm³/mol. The van der Waals surface area contributed by atoms with Crippen LogP contribution in [-0.2, 0) is 9.59 Å². The number of hydrogen-bond acceptors (Lipinski definition) is 4. The van der Waals surface area contributed by atoms with Crippen LogP contribution in [0.1, 0.15) is 59.3 Å². The molecule has 1 aliphatic rings. The topological polar surface area (TPSA) is 78.8 Å². The van der Waals surface area contributed by atoms with Crippen molar-refractivity contribution in [2.75, 3.05) is 13.1 Å². The van der Waals surface area contributed by atoms with Gasteiger partial charge in [-0.3, -0.25) is 24.8 Å². The summed E-state index contributed by atoms with van der Waals surface area (Å²) in [7, 11) is 0. The first-order valence-electron chi connectivity index (χ1n) is 8.20. The first-order chi connectivity index (χ1) is 10.5. The van der Waals surface area contributed by atoms with E-state index < -0.39 is 23.8 Å². The molecule has 0 saturated carbocycles. The first kappa shape index (κ1) is 18.3. The Kier molecular flexibility index (Phi) is 7.77. The average Bonchev–Trinajstić information content (AvgIpc) is 2.46. The van der Waals surface area contributed by atoms with Crippen LogP contribution in [0, 0.1) is 5.92 Å². The van der Waals surface area contributed by atoms with Crippen molar-refractivity contribution >= 4 is 23.6 Å². The van der Waals surface area contributed by atoms with E-state index >= 15 is 0 Å². The summed E-state index contributed by atoms with van der Waals surface area (Å²) in [6.45, 7) is 6.77. The summed E-state index contributed by atoms with van der Waals surface area (Å²) in [6, 6.07) is -0.615. The van der Waals surface area contributed by atoms with Gasteiger partial charge in [-0.25, -0.2) is 4.79 Å². The molecule has 4 amide bonds. The Labute approximate surface area is 132 Å². The highest BCUT2D eigenvalue weighted by molar-refractivity contribution is 6.27. The first-order valence-corrected chi connectivity index (χ1v) is 8.20. The zero-order valence-electron chi connectivity index (χ0n) is 13.9. The van der Waals surface area contributed by atoms with Crippen molar-refractivity contribution in [3.05, 3.63) is 0 Å². The highest BCUT2D eigenvalue weighted by Crippen LogP contribution is 2.14. The number of nitrogens with one attached hydrogen (secondary N) is 1. The van der Waals surface area contributed by atoms with E-state index in [9.17, 15) is 14.4 Å². The number of carbonyl (C=O) groups excluding carboxylic acids is 3. The molecule has 1 fully saturated rings. The van der Waals surface area contributed by atoms with Crippen molar-refractivity contribution in [2.45, 2.75) is 59.3 Å². The van der Waals surface area contributed by atoms with E-state index in [1.807, 2.05) is 6.92 Å². The summed E-state index contributed by atoms with van der Waals surface area (Å²) in [6.07, 6.45) is 5.97. The Morgan fingerprint density at radius 1 is 1.09 bits per heavy atom. The standard InChI is InChI=1S/C16H27N3O3/c1-4-6-8-9-10-17-12(3)13-14(20)18-16(22)19(15(13)21)11-7-5-2/h13H,4-11H2,1-3H3,(H,18,20,22). The normalized spacial score (nSPS) is 19.6. The van der Waals surface area contributed by atoms with Crippen LogP contribution < -0.4 is 5.32 Å². The SMILES string of the molecule is CCCCCCN=C(C)C1C(=O)NC(=O)N(CCCC)C1=O. The molecule has 1 atom stereocenters. The Morgan fingerprint density at radius 3 is 2.41 bits per heavy atom. The van der Waals surface area contributed by atoms with Gasteiger partial charge in [-0.15, -0.1) is 0 Å². The number of barbiturate groups is 1. The fourth-order valence-corrected chi connectivity index (χ4v) is 2.39. The second-order valence-electron chi connectivity index (χ2n) is 5.65. The van der Waals surface area contributed by atoms with Crippen molar-refractivity contribution in [3.63, 3.8) is 0 Å². The maximum absolute atomic E-state index is 12.4. The smallest absolute Gasteiger partial charge is 0.293 e. The van der Waals surface area contributed by atoms with Crippen molar-refractivity contribution in [1.29, 1.82) is 0 Å². The average molecular weight is 309 g/mol. The maximum atomic E-state index is 12.4. The third kappa shape index (κ3) is 4.93. The number of rotatable bonds is 9. The molecule has 0 bridgehead atoms. The van der Waals surface area contributed by atoms with E-state index in [1.165, 1.54) is 0 Å². The van der Waals surface area contributed by atoms with Gasteiger partial charge < -0.3 is 0 Å². The van der Waals surface area contributed by atoms with Crippen LogP contribution in [0.4, 0.5) is 4.79 Å². The predicted octanol–water partition coefficient (Wildman–Crippen LogP) is 2.52. The fourth-order valence-electron chi connectivity index (χ4n) is 2.39. The summed E-state index contributed by atoms with van der Waals surface area (Å²) in [5.74, 6) is -1.96. The number of aliphatic imine (C=N–C) groups is 1. The van der Waals surface area contributed by atoms with Crippen molar-refractivity contribution < 1.29 is 14.4 Å². The molecule has 0 aliphatic carbocycles. The number of nitrogens with zero attached hydrogens (tertiary/aromatic N) is 2. The molecule has 0 aromatic heterocycles.